The van der Waals surface area contributed by atoms with Crippen LogP contribution >= 0.6 is 0 Å². The number of allylic oxidation sites excluding steroid dienone is 1. The molecule has 0 aromatic rings. The molecular weight excluding hydrogens is 448 g/mol. The number of fused-ring (bicyclic) bond motifs is 7. The van der Waals surface area contributed by atoms with E-state index in [0.29, 0.717) is 23.7 Å². The van der Waals surface area contributed by atoms with Crippen molar-refractivity contribution in [2.24, 2.45) is 56.7 Å². The second-order valence-corrected chi connectivity index (χ2v) is 15.1. The molecule has 0 amide bonds. The summed E-state index contributed by atoms with van der Waals surface area (Å²) in [6.45, 7) is 20.4. The van der Waals surface area contributed by atoms with Gasteiger partial charge < -0.3 is 9.84 Å². The van der Waals surface area contributed by atoms with Crippen LogP contribution in [0.4, 0.5) is 0 Å². The van der Waals surface area contributed by atoms with Gasteiger partial charge in [0.15, 0.2) is 0 Å². The molecule has 4 nitrogen and oxygen atoms in total. The number of hydrogen-bond acceptors (Lipinski definition) is 3. The van der Waals surface area contributed by atoms with E-state index in [9.17, 15) is 14.7 Å². The molecule has 0 heterocycles. The van der Waals surface area contributed by atoms with Crippen molar-refractivity contribution in [3.05, 3.63) is 12.2 Å². The van der Waals surface area contributed by atoms with Crippen LogP contribution in [0.3, 0.4) is 0 Å². The maximum atomic E-state index is 12.8. The summed E-state index contributed by atoms with van der Waals surface area (Å²) in [6, 6.07) is 0. The Kier molecular flexibility index (Phi) is 5.91. The van der Waals surface area contributed by atoms with Crippen LogP contribution in [0.1, 0.15) is 113 Å². The molecule has 5 saturated carbocycles. The first-order chi connectivity index (χ1) is 16.6. The van der Waals surface area contributed by atoms with E-state index in [1.807, 2.05) is 0 Å². The van der Waals surface area contributed by atoms with Gasteiger partial charge in [-0.1, -0.05) is 46.8 Å². The number of carboxylic acid groups (broad SMARTS) is 1. The van der Waals surface area contributed by atoms with Gasteiger partial charge in [0.25, 0.3) is 0 Å². The van der Waals surface area contributed by atoms with Gasteiger partial charge in [-0.3, -0.25) is 9.59 Å². The average molecular weight is 499 g/mol. The summed E-state index contributed by atoms with van der Waals surface area (Å²) < 4.78 is 5.88. The third kappa shape index (κ3) is 3.17. The summed E-state index contributed by atoms with van der Waals surface area (Å²) in [7, 11) is 0. The number of ether oxygens (including phenoxy) is 1. The highest BCUT2D eigenvalue weighted by molar-refractivity contribution is 5.76. The predicted octanol–water partition coefficient (Wildman–Crippen LogP) is 7.66. The molecule has 5 fully saturated rings. The number of rotatable bonds is 3. The highest BCUT2D eigenvalue weighted by atomic mass is 16.5. The van der Waals surface area contributed by atoms with Gasteiger partial charge in [0.1, 0.15) is 6.10 Å². The predicted molar refractivity (Wildman–Crippen MR) is 142 cm³/mol. The van der Waals surface area contributed by atoms with E-state index in [2.05, 4.69) is 48.1 Å². The lowest BCUT2D eigenvalue weighted by Crippen LogP contribution is -2.67. The van der Waals surface area contributed by atoms with Crippen molar-refractivity contribution in [2.45, 2.75) is 119 Å². The van der Waals surface area contributed by atoms with Crippen LogP contribution < -0.4 is 0 Å². The van der Waals surface area contributed by atoms with E-state index in [-0.39, 0.29) is 39.7 Å². The molecule has 0 bridgehead atoms. The molecule has 10 atom stereocenters. The number of esters is 1. The minimum atomic E-state index is -0.553. The smallest absolute Gasteiger partial charge is 0.309 e. The van der Waals surface area contributed by atoms with Crippen molar-refractivity contribution >= 4 is 11.9 Å². The zero-order valence-electron chi connectivity index (χ0n) is 23.9. The zero-order chi connectivity index (χ0) is 26.5. The first-order valence-corrected chi connectivity index (χ1v) is 14.7. The normalized spacial score (nSPS) is 51.2. The SMILES string of the molecule is C=C(C)[C@@H]1CC[C@]2(C(=O)O)CC[C@]3(C)[C@H](CC[C@@H]4[C@@]5(C)CC[C@H](OC(C)=O)C(C)(C)[C@@H]5CC[C@]43C)C12. The second kappa shape index (κ2) is 8.09. The lowest BCUT2D eigenvalue weighted by molar-refractivity contribution is -0.250. The van der Waals surface area contributed by atoms with Gasteiger partial charge >= 0.3 is 11.9 Å². The van der Waals surface area contributed by atoms with Crippen LogP contribution in [0.5, 0.6) is 0 Å². The van der Waals surface area contributed by atoms with Gasteiger partial charge in [-0.15, -0.1) is 0 Å². The summed E-state index contributed by atoms with van der Waals surface area (Å²) >= 11 is 0. The molecule has 0 radical (unpaired) electrons. The van der Waals surface area contributed by atoms with E-state index in [0.717, 1.165) is 44.9 Å². The minimum absolute atomic E-state index is 0.00466. The molecule has 0 spiro atoms. The van der Waals surface area contributed by atoms with Gasteiger partial charge in [0.05, 0.1) is 5.41 Å². The average Bonchev–Trinajstić information content (AvgIpc) is 3.17. The fourth-order valence-corrected chi connectivity index (χ4v) is 11.9. The maximum absolute atomic E-state index is 12.8. The molecule has 1 N–H and O–H groups in total. The highest BCUT2D eigenvalue weighted by Gasteiger charge is 2.72. The van der Waals surface area contributed by atoms with Crippen LogP contribution in [-0.2, 0) is 14.3 Å². The molecule has 0 saturated heterocycles. The largest absolute Gasteiger partial charge is 0.481 e. The van der Waals surface area contributed by atoms with Crippen LogP contribution in [-0.4, -0.2) is 23.1 Å². The lowest BCUT2D eigenvalue weighted by atomic mass is 9.32. The van der Waals surface area contributed by atoms with Crippen molar-refractivity contribution in [1.29, 1.82) is 0 Å². The Morgan fingerprint density at radius 3 is 2.11 bits per heavy atom. The number of carbonyl (C=O) groups excluding carboxylic acids is 1. The van der Waals surface area contributed by atoms with Crippen LogP contribution in [0, 0.1) is 56.7 Å². The quantitative estimate of drug-likeness (QED) is 0.320. The molecule has 5 aliphatic carbocycles. The molecule has 36 heavy (non-hydrogen) atoms. The standard InChI is InChI=1S/C32H50O4/c1-19(2)21-11-16-32(27(34)35)18-17-30(7)22(26(21)32)9-10-24-29(6)14-13-25(36-20(3)33)28(4,5)23(29)12-15-31(24,30)8/h21-26H,1,9-18H2,2-8H3,(H,34,35)/t21-,22+,23-,24+,25-,26?,29-,30+,31+,32-/m0/s1. The number of aliphatic carboxylic acids is 1. The Balaban J connectivity index is 1.52. The molecule has 0 aliphatic heterocycles. The molecule has 0 aromatic carbocycles. The van der Waals surface area contributed by atoms with E-state index >= 15 is 0 Å². The topological polar surface area (TPSA) is 63.6 Å². The van der Waals surface area contributed by atoms with E-state index in [1.165, 1.54) is 24.8 Å². The van der Waals surface area contributed by atoms with Gasteiger partial charge in [-0.25, -0.2) is 0 Å². The maximum Gasteiger partial charge on any atom is 0.309 e. The summed E-state index contributed by atoms with van der Waals surface area (Å²) in [4.78, 5) is 24.7. The number of carboxylic acids is 1. The fourth-order valence-electron chi connectivity index (χ4n) is 11.9. The van der Waals surface area contributed by atoms with Crippen LogP contribution in [0.15, 0.2) is 12.2 Å². The second-order valence-electron chi connectivity index (χ2n) is 15.1. The van der Waals surface area contributed by atoms with Gasteiger partial charge in [-0.2, -0.15) is 0 Å². The molecule has 1 unspecified atom stereocenters. The van der Waals surface area contributed by atoms with E-state index in [1.54, 1.807) is 6.92 Å². The molecule has 5 rings (SSSR count). The summed E-state index contributed by atoms with van der Waals surface area (Å²) in [5.41, 5.74) is 1.20. The Morgan fingerprint density at radius 2 is 1.50 bits per heavy atom. The van der Waals surface area contributed by atoms with E-state index in [4.69, 9.17) is 4.74 Å². The molecular formula is C32H50O4. The molecule has 0 aromatic heterocycles. The summed E-state index contributed by atoms with van der Waals surface area (Å²) in [5.74, 6) is 1.49. The van der Waals surface area contributed by atoms with Crippen LogP contribution in [0.25, 0.3) is 0 Å². The monoisotopic (exact) mass is 498 g/mol. The van der Waals surface area contributed by atoms with Gasteiger partial charge in [0, 0.05) is 12.3 Å². The minimum Gasteiger partial charge on any atom is -0.481 e. The molecule has 202 valence electrons. The molecule has 4 heteroatoms. The van der Waals surface area contributed by atoms with Crippen LogP contribution in [0.2, 0.25) is 0 Å². The van der Waals surface area contributed by atoms with Gasteiger partial charge in [-0.05, 0) is 117 Å². The van der Waals surface area contributed by atoms with Gasteiger partial charge in [0.2, 0.25) is 0 Å². The first-order valence-electron chi connectivity index (χ1n) is 14.7. The third-order valence-electron chi connectivity index (χ3n) is 13.7. The van der Waals surface area contributed by atoms with Crippen molar-refractivity contribution in [3.8, 4) is 0 Å². The van der Waals surface area contributed by atoms with Crippen molar-refractivity contribution < 1.29 is 19.4 Å². The Hall–Kier alpha value is -1.32. The molecule has 5 aliphatic rings. The zero-order valence-corrected chi connectivity index (χ0v) is 23.9. The Labute approximate surface area is 219 Å². The summed E-state index contributed by atoms with van der Waals surface area (Å²) in [5, 5.41) is 10.5. The Morgan fingerprint density at radius 1 is 0.806 bits per heavy atom. The first kappa shape index (κ1) is 26.3. The third-order valence-corrected chi connectivity index (χ3v) is 13.7. The summed E-state index contributed by atoms with van der Waals surface area (Å²) in [6.07, 6.45) is 10.5. The fraction of sp³-hybridized carbons (Fsp3) is 0.875. The highest BCUT2D eigenvalue weighted by Crippen LogP contribution is 2.77. The number of hydrogen-bond donors (Lipinski definition) is 1. The lowest BCUT2D eigenvalue weighted by Gasteiger charge is -2.72. The van der Waals surface area contributed by atoms with E-state index < -0.39 is 11.4 Å². The number of carbonyl (C=O) groups is 2. The van der Waals surface area contributed by atoms with Crippen molar-refractivity contribution in [1.82, 2.24) is 0 Å². The van der Waals surface area contributed by atoms with Crippen molar-refractivity contribution in [3.63, 3.8) is 0 Å². The van der Waals surface area contributed by atoms with Crippen molar-refractivity contribution in [2.75, 3.05) is 0 Å². The Bertz CT molecular complexity index is 967.